The van der Waals surface area contributed by atoms with Crippen molar-refractivity contribution in [1.29, 1.82) is 0 Å². The van der Waals surface area contributed by atoms with Crippen molar-refractivity contribution in [3.05, 3.63) is 58.3 Å². The summed E-state index contributed by atoms with van der Waals surface area (Å²) >= 11 is 1.83. The van der Waals surface area contributed by atoms with E-state index in [-0.39, 0.29) is 0 Å². The minimum absolute atomic E-state index is 0.435. The topological polar surface area (TPSA) is 12.0 Å². The largest absolute Gasteiger partial charge is 0.310 e. The SMILES string of the molecule is CCNC(Cc1cccs1)c1ccccc1. The van der Waals surface area contributed by atoms with Gasteiger partial charge in [-0.25, -0.2) is 0 Å². The fourth-order valence-electron chi connectivity index (χ4n) is 1.87. The molecule has 16 heavy (non-hydrogen) atoms. The zero-order valence-electron chi connectivity index (χ0n) is 9.52. The molecule has 0 saturated carbocycles. The van der Waals surface area contributed by atoms with Crippen LogP contribution in [0.5, 0.6) is 0 Å². The van der Waals surface area contributed by atoms with Gasteiger partial charge in [0.15, 0.2) is 0 Å². The lowest BCUT2D eigenvalue weighted by Gasteiger charge is -2.17. The lowest BCUT2D eigenvalue weighted by molar-refractivity contribution is 0.553. The Bertz CT molecular complexity index is 394. The fraction of sp³-hybridized carbons (Fsp3) is 0.286. The second kappa shape index (κ2) is 5.83. The van der Waals surface area contributed by atoms with Crippen LogP contribution >= 0.6 is 11.3 Å². The van der Waals surface area contributed by atoms with E-state index in [1.165, 1.54) is 10.4 Å². The Morgan fingerprint density at radius 2 is 1.94 bits per heavy atom. The van der Waals surface area contributed by atoms with Crippen molar-refractivity contribution >= 4 is 11.3 Å². The summed E-state index contributed by atoms with van der Waals surface area (Å²) in [7, 11) is 0. The van der Waals surface area contributed by atoms with E-state index >= 15 is 0 Å². The summed E-state index contributed by atoms with van der Waals surface area (Å²) in [4.78, 5) is 1.44. The van der Waals surface area contributed by atoms with E-state index in [0.29, 0.717) is 6.04 Å². The molecule has 2 heteroatoms. The molecule has 0 aliphatic carbocycles. The standard InChI is InChI=1S/C14H17NS/c1-2-15-14(11-13-9-6-10-16-13)12-7-4-3-5-8-12/h3-10,14-15H,2,11H2,1H3. The highest BCUT2D eigenvalue weighted by atomic mass is 32.1. The molecule has 1 N–H and O–H groups in total. The molecule has 0 aliphatic rings. The number of thiophene rings is 1. The molecule has 2 aromatic rings. The second-order valence-corrected chi connectivity index (χ2v) is 4.84. The first kappa shape index (κ1) is 11.4. The molecule has 0 saturated heterocycles. The van der Waals surface area contributed by atoms with E-state index in [1.807, 2.05) is 11.3 Å². The van der Waals surface area contributed by atoms with Crippen LogP contribution in [0.4, 0.5) is 0 Å². The maximum Gasteiger partial charge on any atom is 0.0368 e. The Balaban J connectivity index is 2.11. The highest BCUT2D eigenvalue weighted by Crippen LogP contribution is 2.20. The summed E-state index contributed by atoms with van der Waals surface area (Å²) in [5.41, 5.74) is 1.37. The van der Waals surface area contributed by atoms with Gasteiger partial charge in [-0.3, -0.25) is 0 Å². The van der Waals surface area contributed by atoms with Gasteiger partial charge in [0.25, 0.3) is 0 Å². The van der Waals surface area contributed by atoms with E-state index in [4.69, 9.17) is 0 Å². The first-order chi connectivity index (χ1) is 7.90. The number of benzene rings is 1. The molecule has 0 spiro atoms. The van der Waals surface area contributed by atoms with Gasteiger partial charge in [0.1, 0.15) is 0 Å². The molecule has 1 heterocycles. The average molecular weight is 231 g/mol. The van der Waals surface area contributed by atoms with Crippen molar-refractivity contribution in [2.24, 2.45) is 0 Å². The molecule has 2 rings (SSSR count). The van der Waals surface area contributed by atoms with Crippen molar-refractivity contribution in [3.63, 3.8) is 0 Å². The average Bonchev–Trinajstić information content (AvgIpc) is 2.83. The normalized spacial score (nSPS) is 12.6. The van der Waals surface area contributed by atoms with Crippen molar-refractivity contribution in [2.45, 2.75) is 19.4 Å². The Labute approximate surface area is 101 Å². The summed E-state index contributed by atoms with van der Waals surface area (Å²) in [5, 5.41) is 5.69. The van der Waals surface area contributed by atoms with Crippen LogP contribution in [0.1, 0.15) is 23.4 Å². The van der Waals surface area contributed by atoms with Crippen LogP contribution in [0, 0.1) is 0 Å². The smallest absolute Gasteiger partial charge is 0.0368 e. The Morgan fingerprint density at radius 3 is 2.56 bits per heavy atom. The number of likely N-dealkylation sites (N-methyl/N-ethyl adjacent to an activating group) is 1. The van der Waals surface area contributed by atoms with Crippen molar-refractivity contribution in [2.75, 3.05) is 6.54 Å². The predicted molar refractivity (Wildman–Crippen MR) is 70.9 cm³/mol. The second-order valence-electron chi connectivity index (χ2n) is 3.80. The molecular formula is C14H17NS. The van der Waals surface area contributed by atoms with Crippen molar-refractivity contribution in [1.82, 2.24) is 5.32 Å². The fourth-order valence-corrected chi connectivity index (χ4v) is 2.62. The van der Waals surface area contributed by atoms with E-state index < -0.39 is 0 Å². The quantitative estimate of drug-likeness (QED) is 0.828. The first-order valence-corrected chi connectivity index (χ1v) is 6.59. The molecule has 1 aromatic carbocycles. The monoisotopic (exact) mass is 231 g/mol. The van der Waals surface area contributed by atoms with Gasteiger partial charge < -0.3 is 5.32 Å². The van der Waals surface area contributed by atoms with Gasteiger partial charge in [-0.2, -0.15) is 0 Å². The van der Waals surface area contributed by atoms with Gasteiger partial charge in [0, 0.05) is 17.3 Å². The predicted octanol–water partition coefficient (Wildman–Crippen LogP) is 3.64. The molecule has 0 amide bonds. The van der Waals surface area contributed by atoms with E-state index in [0.717, 1.165) is 13.0 Å². The maximum absolute atomic E-state index is 3.54. The molecule has 1 aromatic heterocycles. The summed E-state index contributed by atoms with van der Waals surface area (Å²) < 4.78 is 0. The summed E-state index contributed by atoms with van der Waals surface area (Å²) in [6, 6.07) is 15.4. The summed E-state index contributed by atoms with van der Waals surface area (Å²) in [5.74, 6) is 0. The molecule has 1 unspecified atom stereocenters. The Kier molecular flexibility index (Phi) is 4.14. The number of nitrogens with one attached hydrogen (secondary N) is 1. The van der Waals surface area contributed by atoms with Crippen LogP contribution in [0.15, 0.2) is 47.8 Å². The molecule has 0 aliphatic heterocycles. The maximum atomic E-state index is 3.54. The van der Waals surface area contributed by atoms with Crippen molar-refractivity contribution < 1.29 is 0 Å². The van der Waals surface area contributed by atoms with Crippen LogP contribution in [0.2, 0.25) is 0 Å². The molecular weight excluding hydrogens is 214 g/mol. The van der Waals surface area contributed by atoms with E-state index in [1.54, 1.807) is 0 Å². The highest BCUT2D eigenvalue weighted by molar-refractivity contribution is 7.09. The minimum atomic E-state index is 0.435. The first-order valence-electron chi connectivity index (χ1n) is 5.71. The van der Waals surface area contributed by atoms with Gasteiger partial charge in [-0.1, -0.05) is 43.3 Å². The molecule has 1 nitrogen and oxygen atoms in total. The summed E-state index contributed by atoms with van der Waals surface area (Å²) in [6.45, 7) is 3.16. The number of rotatable bonds is 5. The van der Waals surface area contributed by atoms with Gasteiger partial charge in [0.05, 0.1) is 0 Å². The van der Waals surface area contributed by atoms with Gasteiger partial charge in [-0.05, 0) is 23.6 Å². The zero-order chi connectivity index (χ0) is 11.2. The molecule has 0 bridgehead atoms. The van der Waals surface area contributed by atoms with E-state index in [9.17, 15) is 0 Å². The van der Waals surface area contributed by atoms with Crippen LogP contribution in [0.25, 0.3) is 0 Å². The lowest BCUT2D eigenvalue weighted by Crippen LogP contribution is -2.22. The zero-order valence-corrected chi connectivity index (χ0v) is 10.3. The Morgan fingerprint density at radius 1 is 1.12 bits per heavy atom. The number of hydrogen-bond donors (Lipinski definition) is 1. The third-order valence-electron chi connectivity index (χ3n) is 2.64. The molecule has 0 radical (unpaired) electrons. The third-order valence-corrected chi connectivity index (χ3v) is 3.54. The van der Waals surface area contributed by atoms with Gasteiger partial charge in [0.2, 0.25) is 0 Å². The third kappa shape index (κ3) is 2.94. The van der Waals surface area contributed by atoms with Crippen molar-refractivity contribution in [3.8, 4) is 0 Å². The Hall–Kier alpha value is -1.12. The van der Waals surface area contributed by atoms with Crippen LogP contribution in [0.3, 0.4) is 0 Å². The van der Waals surface area contributed by atoms with Gasteiger partial charge in [-0.15, -0.1) is 11.3 Å². The minimum Gasteiger partial charge on any atom is -0.310 e. The molecule has 84 valence electrons. The van der Waals surface area contributed by atoms with Crippen LogP contribution in [-0.4, -0.2) is 6.54 Å². The summed E-state index contributed by atoms with van der Waals surface area (Å²) in [6.07, 6.45) is 1.08. The van der Waals surface area contributed by atoms with E-state index in [2.05, 4.69) is 60.1 Å². The van der Waals surface area contributed by atoms with Crippen LogP contribution < -0.4 is 5.32 Å². The molecule has 1 atom stereocenters. The van der Waals surface area contributed by atoms with Crippen LogP contribution in [-0.2, 0) is 6.42 Å². The molecule has 0 fully saturated rings. The van der Waals surface area contributed by atoms with Gasteiger partial charge >= 0.3 is 0 Å². The highest BCUT2D eigenvalue weighted by Gasteiger charge is 2.10. The lowest BCUT2D eigenvalue weighted by atomic mass is 10.0. The number of hydrogen-bond acceptors (Lipinski definition) is 2.